The minimum absolute atomic E-state index is 0.0997. The lowest BCUT2D eigenvalue weighted by molar-refractivity contribution is -0.139. The molecular formula is C12H21O2. The SMILES string of the molecule is COC(=O)[C]1CCC(C(C)(C)C)CC1. The number of esters is 1. The molecule has 1 aliphatic carbocycles. The standard InChI is InChI=1S/C12H21O2/c1-12(2,3)10-7-5-9(6-8-10)11(13)14-4/h10H,5-8H2,1-4H3. The van der Waals surface area contributed by atoms with Gasteiger partial charge < -0.3 is 4.74 Å². The normalized spacial score (nSPS) is 20.9. The number of carbonyl (C=O) groups is 1. The fourth-order valence-corrected chi connectivity index (χ4v) is 2.18. The van der Waals surface area contributed by atoms with Crippen LogP contribution >= 0.6 is 0 Å². The highest BCUT2D eigenvalue weighted by molar-refractivity contribution is 5.84. The molecule has 0 aromatic heterocycles. The van der Waals surface area contributed by atoms with E-state index in [4.69, 9.17) is 4.74 Å². The smallest absolute Gasteiger partial charge is 0.312 e. The topological polar surface area (TPSA) is 26.3 Å². The molecule has 0 atom stereocenters. The van der Waals surface area contributed by atoms with E-state index >= 15 is 0 Å². The Morgan fingerprint density at radius 3 is 2.14 bits per heavy atom. The maximum Gasteiger partial charge on any atom is 0.312 e. The van der Waals surface area contributed by atoms with Crippen LogP contribution in [-0.4, -0.2) is 13.1 Å². The molecule has 0 spiro atoms. The second-order valence-corrected chi connectivity index (χ2v) is 5.24. The van der Waals surface area contributed by atoms with Crippen LogP contribution in [0.15, 0.2) is 0 Å². The summed E-state index contributed by atoms with van der Waals surface area (Å²) in [5.41, 5.74) is 0.377. The van der Waals surface area contributed by atoms with Crippen LogP contribution in [0.3, 0.4) is 0 Å². The summed E-state index contributed by atoms with van der Waals surface area (Å²) in [7, 11) is 1.46. The zero-order chi connectivity index (χ0) is 10.8. The van der Waals surface area contributed by atoms with Crippen LogP contribution < -0.4 is 0 Å². The van der Waals surface area contributed by atoms with E-state index in [0.717, 1.165) is 37.5 Å². The molecule has 2 nitrogen and oxygen atoms in total. The van der Waals surface area contributed by atoms with Crippen molar-refractivity contribution in [3.63, 3.8) is 0 Å². The lowest BCUT2D eigenvalue weighted by Crippen LogP contribution is -2.28. The number of methoxy groups -OCH3 is 1. The molecule has 0 aromatic carbocycles. The third-order valence-electron chi connectivity index (χ3n) is 3.29. The molecule has 1 rings (SSSR count). The Morgan fingerprint density at radius 1 is 1.29 bits per heavy atom. The van der Waals surface area contributed by atoms with E-state index in [1.54, 1.807) is 0 Å². The van der Waals surface area contributed by atoms with Crippen molar-refractivity contribution in [2.75, 3.05) is 7.11 Å². The first-order valence-corrected chi connectivity index (χ1v) is 5.38. The summed E-state index contributed by atoms with van der Waals surface area (Å²) in [5, 5.41) is 0. The van der Waals surface area contributed by atoms with Gasteiger partial charge in [0.15, 0.2) is 0 Å². The Morgan fingerprint density at radius 2 is 1.79 bits per heavy atom. The summed E-state index contributed by atoms with van der Waals surface area (Å²) in [6.45, 7) is 6.84. The lowest BCUT2D eigenvalue weighted by atomic mass is 9.70. The van der Waals surface area contributed by atoms with Crippen LogP contribution in [0.2, 0.25) is 0 Å². The first-order valence-electron chi connectivity index (χ1n) is 5.38. The van der Waals surface area contributed by atoms with E-state index in [1.807, 2.05) is 0 Å². The molecule has 0 unspecified atom stereocenters. The van der Waals surface area contributed by atoms with Crippen LogP contribution in [0.25, 0.3) is 0 Å². The largest absolute Gasteiger partial charge is 0.469 e. The first-order chi connectivity index (χ1) is 6.45. The summed E-state index contributed by atoms with van der Waals surface area (Å²) in [6.07, 6.45) is 4.12. The van der Waals surface area contributed by atoms with Gasteiger partial charge in [0.25, 0.3) is 0 Å². The molecule has 0 amide bonds. The average Bonchev–Trinajstić information content (AvgIpc) is 2.15. The average molecular weight is 197 g/mol. The van der Waals surface area contributed by atoms with Crippen LogP contribution in [0.1, 0.15) is 46.5 Å². The Labute approximate surface area is 87.0 Å². The fraction of sp³-hybridized carbons (Fsp3) is 0.833. The van der Waals surface area contributed by atoms with Gasteiger partial charge in [-0.1, -0.05) is 20.8 Å². The molecule has 1 saturated carbocycles. The van der Waals surface area contributed by atoms with E-state index in [0.29, 0.717) is 5.41 Å². The van der Waals surface area contributed by atoms with E-state index in [9.17, 15) is 4.79 Å². The fourth-order valence-electron chi connectivity index (χ4n) is 2.18. The highest BCUT2D eigenvalue weighted by Gasteiger charge is 2.33. The van der Waals surface area contributed by atoms with Gasteiger partial charge in [0.05, 0.1) is 13.0 Å². The Balaban J connectivity index is 2.43. The van der Waals surface area contributed by atoms with Crippen molar-refractivity contribution in [3.05, 3.63) is 5.92 Å². The van der Waals surface area contributed by atoms with Crippen LogP contribution in [-0.2, 0) is 9.53 Å². The van der Waals surface area contributed by atoms with Crippen molar-refractivity contribution in [1.82, 2.24) is 0 Å². The van der Waals surface area contributed by atoms with Crippen molar-refractivity contribution in [2.24, 2.45) is 11.3 Å². The molecule has 2 heteroatoms. The Bertz CT molecular complexity index is 195. The van der Waals surface area contributed by atoms with Gasteiger partial charge in [-0.2, -0.15) is 0 Å². The second-order valence-electron chi connectivity index (χ2n) is 5.24. The number of carbonyl (C=O) groups excluding carboxylic acids is 1. The monoisotopic (exact) mass is 197 g/mol. The lowest BCUT2D eigenvalue weighted by Gasteiger charge is -2.35. The quantitative estimate of drug-likeness (QED) is 0.604. The predicted octanol–water partition coefficient (Wildman–Crippen LogP) is 2.97. The molecule has 14 heavy (non-hydrogen) atoms. The van der Waals surface area contributed by atoms with E-state index in [-0.39, 0.29) is 5.97 Å². The van der Waals surface area contributed by atoms with Gasteiger partial charge in [-0.3, -0.25) is 4.79 Å². The number of hydrogen-bond acceptors (Lipinski definition) is 2. The van der Waals surface area contributed by atoms with Crippen LogP contribution in [0.5, 0.6) is 0 Å². The molecule has 0 heterocycles. The third-order valence-corrected chi connectivity index (χ3v) is 3.29. The number of ether oxygens (including phenoxy) is 1. The van der Waals surface area contributed by atoms with E-state index in [2.05, 4.69) is 20.8 Å². The van der Waals surface area contributed by atoms with Crippen LogP contribution in [0.4, 0.5) is 0 Å². The highest BCUT2D eigenvalue weighted by atomic mass is 16.5. The van der Waals surface area contributed by atoms with Gasteiger partial charge in [0.1, 0.15) is 0 Å². The molecular weight excluding hydrogens is 176 g/mol. The Hall–Kier alpha value is -0.530. The van der Waals surface area contributed by atoms with Gasteiger partial charge in [0, 0.05) is 0 Å². The minimum Gasteiger partial charge on any atom is -0.469 e. The summed E-state index contributed by atoms with van der Waals surface area (Å²) in [6, 6.07) is 0. The van der Waals surface area contributed by atoms with Crippen molar-refractivity contribution in [3.8, 4) is 0 Å². The van der Waals surface area contributed by atoms with Gasteiger partial charge in [0.2, 0.25) is 0 Å². The van der Waals surface area contributed by atoms with E-state index in [1.165, 1.54) is 7.11 Å². The molecule has 81 valence electrons. The molecule has 0 aliphatic heterocycles. The highest BCUT2D eigenvalue weighted by Crippen LogP contribution is 2.40. The minimum atomic E-state index is -0.0997. The van der Waals surface area contributed by atoms with Gasteiger partial charge in [-0.15, -0.1) is 0 Å². The summed E-state index contributed by atoms with van der Waals surface area (Å²) in [4.78, 5) is 11.3. The molecule has 0 saturated heterocycles. The van der Waals surface area contributed by atoms with Crippen molar-refractivity contribution < 1.29 is 9.53 Å². The molecule has 1 aliphatic rings. The first kappa shape index (κ1) is 11.5. The van der Waals surface area contributed by atoms with Crippen molar-refractivity contribution in [1.29, 1.82) is 0 Å². The van der Waals surface area contributed by atoms with Crippen molar-refractivity contribution in [2.45, 2.75) is 46.5 Å². The zero-order valence-corrected chi connectivity index (χ0v) is 9.72. The number of rotatable bonds is 1. The van der Waals surface area contributed by atoms with Gasteiger partial charge in [-0.25, -0.2) is 0 Å². The Kier molecular flexibility index (Phi) is 3.57. The molecule has 1 radical (unpaired) electrons. The van der Waals surface area contributed by atoms with Crippen molar-refractivity contribution >= 4 is 5.97 Å². The van der Waals surface area contributed by atoms with Gasteiger partial charge >= 0.3 is 5.97 Å². The number of hydrogen-bond donors (Lipinski definition) is 0. The van der Waals surface area contributed by atoms with E-state index < -0.39 is 0 Å². The summed E-state index contributed by atoms with van der Waals surface area (Å²) >= 11 is 0. The third kappa shape index (κ3) is 2.73. The zero-order valence-electron chi connectivity index (χ0n) is 9.72. The summed E-state index contributed by atoms with van der Waals surface area (Å²) < 4.78 is 4.73. The second kappa shape index (κ2) is 4.33. The molecule has 0 N–H and O–H groups in total. The molecule has 0 aromatic rings. The maximum atomic E-state index is 11.3. The van der Waals surface area contributed by atoms with Gasteiger partial charge in [-0.05, 0) is 37.0 Å². The summed E-state index contributed by atoms with van der Waals surface area (Å²) in [5.74, 6) is 1.63. The maximum absolute atomic E-state index is 11.3. The van der Waals surface area contributed by atoms with Crippen LogP contribution in [0, 0.1) is 17.3 Å². The molecule has 1 fully saturated rings. The predicted molar refractivity (Wildman–Crippen MR) is 56.7 cm³/mol. The molecule has 0 bridgehead atoms.